The Balaban J connectivity index is 1.67. The topological polar surface area (TPSA) is 137 Å². The SMILES string of the molecule is CCn1cc(NC(=O)C2CCN(S(=O)(=O)c3ccc([N+](=O)[O-])cc3OC)CC2)cn1. The van der Waals surface area contributed by atoms with Gasteiger partial charge in [-0.2, -0.15) is 9.40 Å². The third-order valence-electron chi connectivity index (χ3n) is 5.03. The number of benzene rings is 1. The summed E-state index contributed by atoms with van der Waals surface area (Å²) in [6.45, 7) is 2.95. The molecule has 1 amide bonds. The van der Waals surface area contributed by atoms with Gasteiger partial charge in [-0.3, -0.25) is 19.6 Å². The predicted octanol–water partition coefficient (Wildman–Crippen LogP) is 1.86. The van der Waals surface area contributed by atoms with Gasteiger partial charge in [-0.05, 0) is 25.8 Å². The van der Waals surface area contributed by atoms with E-state index in [4.69, 9.17) is 4.74 Å². The molecule has 1 aromatic carbocycles. The third-order valence-corrected chi connectivity index (χ3v) is 6.96. The average molecular weight is 437 g/mol. The van der Waals surface area contributed by atoms with Gasteiger partial charge in [-0.1, -0.05) is 0 Å². The Kier molecular flexibility index (Phi) is 6.37. The van der Waals surface area contributed by atoms with E-state index in [1.54, 1.807) is 17.1 Å². The lowest BCUT2D eigenvalue weighted by Gasteiger charge is -2.30. The molecular formula is C18H23N5O6S. The number of nitrogens with zero attached hydrogens (tertiary/aromatic N) is 4. The number of amides is 1. The molecular weight excluding hydrogens is 414 g/mol. The molecule has 1 N–H and O–H groups in total. The first-order chi connectivity index (χ1) is 14.3. The summed E-state index contributed by atoms with van der Waals surface area (Å²) >= 11 is 0. The van der Waals surface area contributed by atoms with Crippen LogP contribution in [0, 0.1) is 16.0 Å². The van der Waals surface area contributed by atoms with Crippen LogP contribution in [-0.4, -0.2) is 53.5 Å². The van der Waals surface area contributed by atoms with Crippen molar-refractivity contribution in [1.29, 1.82) is 0 Å². The summed E-state index contributed by atoms with van der Waals surface area (Å²) in [5.41, 5.74) is 0.347. The largest absolute Gasteiger partial charge is 0.495 e. The van der Waals surface area contributed by atoms with Gasteiger partial charge in [-0.25, -0.2) is 8.42 Å². The minimum Gasteiger partial charge on any atom is -0.495 e. The number of nitrogens with one attached hydrogen (secondary N) is 1. The Bertz CT molecular complexity index is 1040. The van der Waals surface area contributed by atoms with Gasteiger partial charge in [-0.15, -0.1) is 0 Å². The molecule has 0 bridgehead atoms. The van der Waals surface area contributed by atoms with Crippen LogP contribution in [0.5, 0.6) is 5.75 Å². The molecule has 0 unspecified atom stereocenters. The number of piperidine rings is 1. The van der Waals surface area contributed by atoms with Crippen LogP contribution in [0.1, 0.15) is 19.8 Å². The lowest BCUT2D eigenvalue weighted by atomic mass is 9.97. The highest BCUT2D eigenvalue weighted by atomic mass is 32.2. The smallest absolute Gasteiger partial charge is 0.273 e. The van der Waals surface area contributed by atoms with Crippen molar-refractivity contribution < 1.29 is 22.9 Å². The normalized spacial score (nSPS) is 15.7. The van der Waals surface area contributed by atoms with Gasteiger partial charge >= 0.3 is 0 Å². The van der Waals surface area contributed by atoms with E-state index in [-0.39, 0.29) is 41.2 Å². The van der Waals surface area contributed by atoms with Gasteiger partial charge in [0.25, 0.3) is 5.69 Å². The maximum Gasteiger partial charge on any atom is 0.273 e. The molecule has 1 fully saturated rings. The highest BCUT2D eigenvalue weighted by Crippen LogP contribution is 2.32. The summed E-state index contributed by atoms with van der Waals surface area (Å²) in [7, 11) is -2.66. The first kappa shape index (κ1) is 21.7. The molecule has 0 spiro atoms. The fourth-order valence-corrected chi connectivity index (χ4v) is 4.93. The molecule has 0 radical (unpaired) electrons. The van der Waals surface area contributed by atoms with E-state index < -0.39 is 14.9 Å². The number of non-ortho nitro benzene ring substituents is 1. The van der Waals surface area contributed by atoms with Crippen LogP contribution in [0.2, 0.25) is 0 Å². The summed E-state index contributed by atoms with van der Waals surface area (Å²) in [6, 6.07) is 3.39. The van der Waals surface area contributed by atoms with Crippen LogP contribution >= 0.6 is 0 Å². The van der Waals surface area contributed by atoms with E-state index in [2.05, 4.69) is 10.4 Å². The van der Waals surface area contributed by atoms with Gasteiger partial charge in [0.2, 0.25) is 15.9 Å². The summed E-state index contributed by atoms with van der Waals surface area (Å²) in [6.07, 6.45) is 4.03. The highest BCUT2D eigenvalue weighted by molar-refractivity contribution is 7.89. The Morgan fingerprint density at radius 1 is 1.37 bits per heavy atom. The van der Waals surface area contributed by atoms with E-state index in [9.17, 15) is 23.3 Å². The van der Waals surface area contributed by atoms with Crippen LogP contribution < -0.4 is 10.1 Å². The minimum atomic E-state index is -3.91. The molecule has 0 atom stereocenters. The van der Waals surface area contributed by atoms with Crippen molar-refractivity contribution in [3.8, 4) is 5.75 Å². The molecule has 0 aliphatic carbocycles. The number of aryl methyl sites for hydroxylation is 1. The fourth-order valence-electron chi connectivity index (χ4n) is 3.33. The van der Waals surface area contributed by atoms with Gasteiger partial charge in [0.05, 0.1) is 30.0 Å². The third kappa shape index (κ3) is 4.44. The average Bonchev–Trinajstić information content (AvgIpc) is 3.20. The zero-order valence-corrected chi connectivity index (χ0v) is 17.5. The molecule has 3 rings (SSSR count). The molecule has 1 saturated heterocycles. The number of carbonyl (C=O) groups excluding carboxylic acids is 1. The second-order valence-corrected chi connectivity index (χ2v) is 8.75. The number of rotatable bonds is 7. The fraction of sp³-hybridized carbons (Fsp3) is 0.444. The molecule has 12 heteroatoms. The van der Waals surface area contributed by atoms with E-state index in [1.165, 1.54) is 17.5 Å². The van der Waals surface area contributed by atoms with Crippen LogP contribution in [0.25, 0.3) is 0 Å². The van der Waals surface area contributed by atoms with Crippen LogP contribution in [0.3, 0.4) is 0 Å². The van der Waals surface area contributed by atoms with Crippen molar-refractivity contribution in [3.05, 3.63) is 40.7 Å². The van der Waals surface area contributed by atoms with Crippen molar-refractivity contribution in [1.82, 2.24) is 14.1 Å². The highest BCUT2D eigenvalue weighted by Gasteiger charge is 2.34. The number of ether oxygens (including phenoxy) is 1. The predicted molar refractivity (Wildman–Crippen MR) is 108 cm³/mol. The molecule has 1 aliphatic heterocycles. The Morgan fingerprint density at radius 2 is 2.07 bits per heavy atom. The lowest BCUT2D eigenvalue weighted by Crippen LogP contribution is -2.41. The molecule has 2 aromatic rings. The molecule has 0 saturated carbocycles. The van der Waals surface area contributed by atoms with E-state index in [1.807, 2.05) is 6.92 Å². The first-order valence-corrected chi connectivity index (χ1v) is 10.9. The van der Waals surface area contributed by atoms with Crippen LogP contribution in [0.15, 0.2) is 35.5 Å². The number of methoxy groups -OCH3 is 1. The quantitative estimate of drug-likeness (QED) is 0.515. The van der Waals surface area contributed by atoms with Crippen LogP contribution in [0.4, 0.5) is 11.4 Å². The monoisotopic (exact) mass is 437 g/mol. The van der Waals surface area contributed by atoms with Gasteiger partial charge in [0.15, 0.2) is 0 Å². The van der Waals surface area contributed by atoms with E-state index in [0.717, 1.165) is 12.1 Å². The standard InChI is InChI=1S/C18H23N5O6S/c1-3-21-12-14(11-19-21)20-18(24)13-6-8-22(9-7-13)30(27,28)17-5-4-15(23(25)26)10-16(17)29-2/h4-5,10-13H,3,6-9H2,1-2H3,(H,20,24). The number of aromatic nitrogens is 2. The van der Waals surface area contributed by atoms with Crippen molar-refractivity contribution in [2.24, 2.45) is 5.92 Å². The number of anilines is 1. The molecule has 2 heterocycles. The second kappa shape index (κ2) is 8.79. The Labute approximate surface area is 173 Å². The van der Waals surface area contributed by atoms with Gasteiger partial charge in [0.1, 0.15) is 10.6 Å². The number of hydrogen-bond donors (Lipinski definition) is 1. The van der Waals surface area contributed by atoms with Crippen molar-refractivity contribution >= 4 is 27.3 Å². The number of carbonyl (C=O) groups is 1. The number of sulfonamides is 1. The van der Waals surface area contributed by atoms with Crippen molar-refractivity contribution in [3.63, 3.8) is 0 Å². The molecule has 11 nitrogen and oxygen atoms in total. The summed E-state index contributed by atoms with van der Waals surface area (Å²) in [4.78, 5) is 22.7. The van der Waals surface area contributed by atoms with E-state index >= 15 is 0 Å². The Morgan fingerprint density at radius 3 is 2.63 bits per heavy atom. The summed E-state index contributed by atoms with van der Waals surface area (Å²) < 4.78 is 34.1. The number of hydrogen-bond acceptors (Lipinski definition) is 7. The van der Waals surface area contributed by atoms with Gasteiger partial charge < -0.3 is 10.1 Å². The number of nitro benzene ring substituents is 1. The summed E-state index contributed by atoms with van der Waals surface area (Å²) in [5, 5.41) is 17.8. The zero-order valence-electron chi connectivity index (χ0n) is 16.6. The second-order valence-electron chi connectivity index (χ2n) is 6.84. The lowest BCUT2D eigenvalue weighted by molar-refractivity contribution is -0.385. The summed E-state index contributed by atoms with van der Waals surface area (Å²) in [5.74, 6) is -0.576. The van der Waals surface area contributed by atoms with Crippen LogP contribution in [-0.2, 0) is 21.4 Å². The zero-order chi connectivity index (χ0) is 21.9. The molecule has 1 aromatic heterocycles. The maximum atomic E-state index is 13.0. The maximum absolute atomic E-state index is 13.0. The Hall–Kier alpha value is -2.99. The minimum absolute atomic E-state index is 0.0861. The van der Waals surface area contributed by atoms with Crippen molar-refractivity contribution in [2.75, 3.05) is 25.5 Å². The molecule has 162 valence electrons. The van der Waals surface area contributed by atoms with Gasteiger partial charge in [0, 0.05) is 37.8 Å². The first-order valence-electron chi connectivity index (χ1n) is 9.42. The van der Waals surface area contributed by atoms with Crippen molar-refractivity contribution in [2.45, 2.75) is 31.2 Å². The molecule has 30 heavy (non-hydrogen) atoms. The van der Waals surface area contributed by atoms with E-state index in [0.29, 0.717) is 25.1 Å². The number of nitro groups is 1. The molecule has 1 aliphatic rings.